The maximum absolute atomic E-state index is 6.20. The maximum atomic E-state index is 6.20. The molecule has 92 valence electrons. The van der Waals surface area contributed by atoms with Crippen LogP contribution in [0.5, 0.6) is 0 Å². The van der Waals surface area contributed by atoms with Crippen LogP contribution in [0.2, 0.25) is 5.02 Å². The van der Waals surface area contributed by atoms with Gasteiger partial charge in [0.25, 0.3) is 0 Å². The Morgan fingerprint density at radius 1 is 1.41 bits per heavy atom. The largest absolute Gasteiger partial charge is 0.307 e. The summed E-state index contributed by atoms with van der Waals surface area (Å²) < 4.78 is 1.89. The summed E-state index contributed by atoms with van der Waals surface area (Å²) in [5.74, 6) is 0. The van der Waals surface area contributed by atoms with Crippen molar-refractivity contribution in [2.75, 3.05) is 7.05 Å². The van der Waals surface area contributed by atoms with E-state index < -0.39 is 0 Å². The second-order valence-electron chi connectivity index (χ2n) is 4.03. The molecule has 0 bridgehead atoms. The number of aromatic nitrogens is 5. The number of hydrogen-bond donors (Lipinski definition) is 2. The third-order valence-corrected chi connectivity index (χ3v) is 2.86. The minimum Gasteiger partial charge on any atom is -0.307 e. The minimum absolute atomic E-state index is 0.119. The molecular weight excluding hydrogens is 240 g/mol. The molecule has 2 aromatic rings. The van der Waals surface area contributed by atoms with Gasteiger partial charge in [0.2, 0.25) is 0 Å². The third-order valence-electron chi connectivity index (χ3n) is 2.57. The van der Waals surface area contributed by atoms with Gasteiger partial charge >= 0.3 is 0 Å². The minimum atomic E-state index is -0.119. The van der Waals surface area contributed by atoms with Gasteiger partial charge in [0.15, 0.2) is 0 Å². The average Bonchev–Trinajstić information content (AvgIpc) is 2.91. The smallest absolute Gasteiger partial charge is 0.106 e. The van der Waals surface area contributed by atoms with Gasteiger partial charge in [0.1, 0.15) is 5.69 Å². The molecule has 0 saturated carbocycles. The zero-order valence-corrected chi connectivity index (χ0v) is 10.7. The van der Waals surface area contributed by atoms with Crippen molar-refractivity contribution in [1.82, 2.24) is 30.5 Å². The first-order valence-electron chi connectivity index (χ1n) is 5.41. The zero-order chi connectivity index (χ0) is 12.4. The first kappa shape index (κ1) is 12.1. The maximum Gasteiger partial charge on any atom is 0.106 e. The first-order valence-corrected chi connectivity index (χ1v) is 5.78. The number of H-pyrrole nitrogens is 1. The second kappa shape index (κ2) is 4.85. The summed E-state index contributed by atoms with van der Waals surface area (Å²) in [4.78, 5) is 0. The molecule has 0 amide bonds. The Hall–Kier alpha value is -1.40. The van der Waals surface area contributed by atoms with Crippen LogP contribution in [0.25, 0.3) is 0 Å². The van der Waals surface area contributed by atoms with Crippen molar-refractivity contribution in [3.63, 3.8) is 0 Å². The summed E-state index contributed by atoms with van der Waals surface area (Å²) in [7, 11) is 1.85. The Morgan fingerprint density at radius 2 is 2.18 bits per heavy atom. The second-order valence-corrected chi connectivity index (χ2v) is 4.44. The lowest BCUT2D eigenvalue weighted by atomic mass is 10.1. The fourth-order valence-electron chi connectivity index (χ4n) is 1.81. The molecule has 0 aliphatic rings. The Labute approximate surface area is 104 Å². The van der Waals surface area contributed by atoms with Crippen molar-refractivity contribution in [1.29, 1.82) is 0 Å². The molecule has 0 aromatic carbocycles. The Kier molecular flexibility index (Phi) is 3.44. The molecule has 6 nitrogen and oxygen atoms in total. The standard InChI is InChI=1S/C10H15ClN6/c1-6(2)17-10(7(11)4-14-17)9(12-3)8-5-13-16-15-8/h4-6,9,12H,1-3H3,(H,13,15,16). The molecule has 0 aliphatic carbocycles. The van der Waals surface area contributed by atoms with Crippen LogP contribution in [-0.2, 0) is 0 Å². The number of hydrogen-bond acceptors (Lipinski definition) is 4. The van der Waals surface area contributed by atoms with Gasteiger partial charge in [-0.1, -0.05) is 11.6 Å². The van der Waals surface area contributed by atoms with E-state index in [1.807, 2.05) is 11.7 Å². The van der Waals surface area contributed by atoms with Gasteiger partial charge in [-0.25, -0.2) is 0 Å². The topological polar surface area (TPSA) is 71.4 Å². The molecular formula is C10H15ClN6. The van der Waals surface area contributed by atoms with E-state index in [1.54, 1.807) is 12.4 Å². The Morgan fingerprint density at radius 3 is 2.71 bits per heavy atom. The number of aromatic amines is 1. The monoisotopic (exact) mass is 254 g/mol. The van der Waals surface area contributed by atoms with Crippen molar-refractivity contribution < 1.29 is 0 Å². The first-order chi connectivity index (χ1) is 8.15. The molecule has 0 radical (unpaired) electrons. The van der Waals surface area contributed by atoms with E-state index in [1.165, 1.54) is 0 Å². The number of nitrogens with zero attached hydrogens (tertiary/aromatic N) is 4. The number of halogens is 1. The van der Waals surface area contributed by atoms with Gasteiger partial charge < -0.3 is 5.32 Å². The van der Waals surface area contributed by atoms with Crippen LogP contribution < -0.4 is 5.32 Å². The van der Waals surface area contributed by atoms with Crippen molar-refractivity contribution in [2.45, 2.75) is 25.9 Å². The van der Waals surface area contributed by atoms with Gasteiger partial charge in [0, 0.05) is 6.04 Å². The number of rotatable bonds is 4. The molecule has 2 heterocycles. The lowest BCUT2D eigenvalue weighted by Crippen LogP contribution is -2.23. The fraction of sp³-hybridized carbons (Fsp3) is 0.500. The predicted octanol–water partition coefficient (Wildman–Crippen LogP) is 1.54. The molecule has 1 atom stereocenters. The average molecular weight is 255 g/mol. The van der Waals surface area contributed by atoms with Gasteiger partial charge in [-0.3, -0.25) is 4.68 Å². The highest BCUT2D eigenvalue weighted by molar-refractivity contribution is 6.31. The van der Waals surface area contributed by atoms with E-state index in [0.717, 1.165) is 11.4 Å². The van der Waals surface area contributed by atoms with E-state index in [-0.39, 0.29) is 12.1 Å². The summed E-state index contributed by atoms with van der Waals surface area (Å²) in [6.07, 6.45) is 3.33. The quantitative estimate of drug-likeness (QED) is 0.868. The summed E-state index contributed by atoms with van der Waals surface area (Å²) in [6, 6.07) is 0.117. The lowest BCUT2D eigenvalue weighted by Gasteiger charge is -2.18. The van der Waals surface area contributed by atoms with Crippen molar-refractivity contribution in [3.05, 3.63) is 28.8 Å². The number of nitrogens with one attached hydrogen (secondary N) is 2. The summed E-state index contributed by atoms with van der Waals surface area (Å²) >= 11 is 6.20. The van der Waals surface area contributed by atoms with Gasteiger partial charge in [-0.15, -0.1) is 0 Å². The Bertz CT molecular complexity index is 475. The van der Waals surface area contributed by atoms with E-state index in [0.29, 0.717) is 5.02 Å². The molecule has 7 heteroatoms. The van der Waals surface area contributed by atoms with Crippen LogP contribution >= 0.6 is 11.6 Å². The van der Waals surface area contributed by atoms with Crippen molar-refractivity contribution in [2.24, 2.45) is 0 Å². The van der Waals surface area contributed by atoms with Crippen LogP contribution in [0, 0.1) is 0 Å². The lowest BCUT2D eigenvalue weighted by molar-refractivity contribution is 0.481. The molecule has 0 aliphatic heterocycles. The van der Waals surface area contributed by atoms with Crippen molar-refractivity contribution >= 4 is 11.6 Å². The van der Waals surface area contributed by atoms with Crippen LogP contribution in [0.4, 0.5) is 0 Å². The van der Waals surface area contributed by atoms with Crippen LogP contribution in [0.3, 0.4) is 0 Å². The van der Waals surface area contributed by atoms with E-state index in [4.69, 9.17) is 11.6 Å². The van der Waals surface area contributed by atoms with E-state index in [9.17, 15) is 0 Å². The van der Waals surface area contributed by atoms with Crippen molar-refractivity contribution in [3.8, 4) is 0 Å². The van der Waals surface area contributed by atoms with E-state index in [2.05, 4.69) is 39.7 Å². The molecule has 2 N–H and O–H groups in total. The van der Waals surface area contributed by atoms with Gasteiger partial charge in [-0.2, -0.15) is 20.5 Å². The molecule has 2 rings (SSSR count). The summed E-state index contributed by atoms with van der Waals surface area (Å²) in [6.45, 7) is 4.12. The SMILES string of the molecule is CNC(c1cn[nH]n1)c1c(Cl)cnn1C(C)C. The summed E-state index contributed by atoms with van der Waals surface area (Å²) in [5.41, 5.74) is 1.69. The van der Waals surface area contributed by atoms with Gasteiger partial charge in [0.05, 0.1) is 29.2 Å². The highest BCUT2D eigenvalue weighted by Crippen LogP contribution is 2.28. The highest BCUT2D eigenvalue weighted by atomic mass is 35.5. The molecule has 1 unspecified atom stereocenters. The van der Waals surface area contributed by atoms with Gasteiger partial charge in [-0.05, 0) is 20.9 Å². The highest BCUT2D eigenvalue weighted by Gasteiger charge is 2.23. The van der Waals surface area contributed by atoms with Crippen LogP contribution in [0.15, 0.2) is 12.4 Å². The molecule has 0 fully saturated rings. The Balaban J connectivity index is 2.47. The molecule has 0 saturated heterocycles. The normalized spacial score (nSPS) is 13.2. The third kappa shape index (κ3) is 2.18. The van der Waals surface area contributed by atoms with E-state index >= 15 is 0 Å². The van der Waals surface area contributed by atoms with Crippen LogP contribution in [0.1, 0.15) is 37.3 Å². The predicted molar refractivity (Wildman–Crippen MR) is 64.9 cm³/mol. The molecule has 0 spiro atoms. The molecule has 2 aromatic heterocycles. The fourth-order valence-corrected chi connectivity index (χ4v) is 2.05. The summed E-state index contributed by atoms with van der Waals surface area (Å²) in [5, 5.41) is 18.6. The molecule has 17 heavy (non-hydrogen) atoms. The zero-order valence-electron chi connectivity index (χ0n) is 9.98. The van der Waals surface area contributed by atoms with Crippen LogP contribution in [-0.4, -0.2) is 32.2 Å².